The lowest BCUT2D eigenvalue weighted by molar-refractivity contribution is 0.101. The zero-order valence-corrected chi connectivity index (χ0v) is 18.2. The molecule has 5 rings (SSSR count). The SMILES string of the molecule is Cc1ccn2cc(-c3ccc(C)c(NC(=O)c4cc(-c5ccccc5)nn4C)c3)nc2c1. The Kier molecular flexibility index (Phi) is 4.82. The molecule has 3 heterocycles. The van der Waals surface area contributed by atoms with Crippen molar-refractivity contribution in [3.63, 3.8) is 0 Å². The maximum absolute atomic E-state index is 13.1. The van der Waals surface area contributed by atoms with Gasteiger partial charge >= 0.3 is 0 Å². The first-order valence-electron chi connectivity index (χ1n) is 10.4. The lowest BCUT2D eigenvalue weighted by atomic mass is 10.1. The molecule has 0 radical (unpaired) electrons. The standard InChI is InChI=1S/C26H23N5O/c1-17-11-12-31-16-23(27-25(31)13-17)20-10-9-18(2)21(14-20)28-26(32)24-15-22(29-30(24)3)19-7-5-4-6-8-19/h4-16H,1-3H3,(H,28,32). The number of anilines is 1. The zero-order valence-electron chi connectivity index (χ0n) is 18.2. The molecule has 3 aromatic heterocycles. The predicted molar refractivity (Wildman–Crippen MR) is 127 cm³/mol. The molecule has 0 bridgehead atoms. The first-order valence-corrected chi connectivity index (χ1v) is 10.4. The molecule has 0 atom stereocenters. The van der Waals surface area contributed by atoms with Crippen LogP contribution in [-0.4, -0.2) is 25.1 Å². The van der Waals surface area contributed by atoms with E-state index in [4.69, 9.17) is 4.98 Å². The van der Waals surface area contributed by atoms with Gasteiger partial charge in [0.05, 0.1) is 11.4 Å². The molecule has 0 saturated heterocycles. The lowest BCUT2D eigenvalue weighted by Crippen LogP contribution is -2.16. The van der Waals surface area contributed by atoms with Gasteiger partial charge in [0, 0.05) is 36.3 Å². The van der Waals surface area contributed by atoms with E-state index in [1.54, 1.807) is 11.7 Å². The van der Waals surface area contributed by atoms with Gasteiger partial charge in [0.25, 0.3) is 5.91 Å². The molecule has 0 spiro atoms. The van der Waals surface area contributed by atoms with Crippen LogP contribution in [0.15, 0.2) is 79.1 Å². The highest BCUT2D eigenvalue weighted by Crippen LogP contribution is 2.26. The van der Waals surface area contributed by atoms with Crippen LogP contribution < -0.4 is 5.32 Å². The van der Waals surface area contributed by atoms with Crippen LogP contribution in [0.5, 0.6) is 0 Å². The van der Waals surface area contributed by atoms with Crippen LogP contribution >= 0.6 is 0 Å². The number of rotatable bonds is 4. The van der Waals surface area contributed by atoms with E-state index < -0.39 is 0 Å². The molecule has 0 saturated carbocycles. The Balaban J connectivity index is 1.44. The quantitative estimate of drug-likeness (QED) is 0.430. The summed E-state index contributed by atoms with van der Waals surface area (Å²) in [6.45, 7) is 4.03. The summed E-state index contributed by atoms with van der Waals surface area (Å²) in [5.74, 6) is -0.201. The first kappa shape index (κ1) is 19.8. The normalized spacial score (nSPS) is 11.1. The topological polar surface area (TPSA) is 64.2 Å². The number of carbonyl (C=O) groups is 1. The van der Waals surface area contributed by atoms with Gasteiger partial charge < -0.3 is 9.72 Å². The number of aromatic nitrogens is 4. The molecule has 5 aromatic rings. The van der Waals surface area contributed by atoms with Crippen molar-refractivity contribution in [2.75, 3.05) is 5.32 Å². The van der Waals surface area contributed by atoms with Crippen molar-refractivity contribution in [2.45, 2.75) is 13.8 Å². The van der Waals surface area contributed by atoms with E-state index in [0.717, 1.165) is 45.0 Å². The number of imidazole rings is 1. The van der Waals surface area contributed by atoms with Crippen LogP contribution in [0.1, 0.15) is 21.6 Å². The van der Waals surface area contributed by atoms with Gasteiger partial charge in [0.2, 0.25) is 0 Å². The van der Waals surface area contributed by atoms with Gasteiger partial charge in [0.1, 0.15) is 11.3 Å². The van der Waals surface area contributed by atoms with E-state index in [-0.39, 0.29) is 5.91 Å². The second-order valence-corrected chi connectivity index (χ2v) is 7.98. The molecule has 1 amide bonds. The summed E-state index contributed by atoms with van der Waals surface area (Å²) in [4.78, 5) is 17.8. The molecule has 0 aliphatic heterocycles. The molecule has 0 unspecified atom stereocenters. The highest BCUT2D eigenvalue weighted by atomic mass is 16.2. The summed E-state index contributed by atoms with van der Waals surface area (Å²) in [7, 11) is 1.78. The molecular formula is C26H23N5O. The van der Waals surface area contributed by atoms with Gasteiger partial charge in [0.15, 0.2) is 0 Å². The maximum atomic E-state index is 13.1. The number of aryl methyl sites for hydroxylation is 3. The van der Waals surface area contributed by atoms with E-state index in [2.05, 4.69) is 23.4 Å². The Bertz CT molecular complexity index is 1450. The van der Waals surface area contributed by atoms with E-state index in [0.29, 0.717) is 5.69 Å². The van der Waals surface area contributed by atoms with Gasteiger partial charge in [-0.15, -0.1) is 0 Å². The van der Waals surface area contributed by atoms with Gasteiger partial charge in [-0.1, -0.05) is 42.5 Å². The minimum Gasteiger partial charge on any atom is -0.320 e. The summed E-state index contributed by atoms with van der Waals surface area (Å²) in [6.07, 6.45) is 4.00. The third-order valence-electron chi connectivity index (χ3n) is 5.58. The molecule has 158 valence electrons. The second kappa shape index (κ2) is 7.81. The van der Waals surface area contributed by atoms with Crippen LogP contribution in [0.3, 0.4) is 0 Å². The third-order valence-corrected chi connectivity index (χ3v) is 5.58. The summed E-state index contributed by atoms with van der Waals surface area (Å²) in [5.41, 5.74) is 7.84. The summed E-state index contributed by atoms with van der Waals surface area (Å²) in [6, 6.07) is 21.7. The van der Waals surface area contributed by atoms with Crippen molar-refractivity contribution < 1.29 is 4.79 Å². The summed E-state index contributed by atoms with van der Waals surface area (Å²) >= 11 is 0. The van der Waals surface area contributed by atoms with Crippen LogP contribution in [0, 0.1) is 13.8 Å². The highest BCUT2D eigenvalue weighted by molar-refractivity contribution is 6.04. The van der Waals surface area contributed by atoms with Crippen LogP contribution in [-0.2, 0) is 7.05 Å². The Hall–Kier alpha value is -4.19. The number of carbonyl (C=O) groups excluding carboxylic acids is 1. The lowest BCUT2D eigenvalue weighted by Gasteiger charge is -2.10. The minimum absolute atomic E-state index is 0.201. The van der Waals surface area contributed by atoms with Crippen LogP contribution in [0.25, 0.3) is 28.2 Å². The van der Waals surface area contributed by atoms with Crippen molar-refractivity contribution in [1.82, 2.24) is 19.2 Å². The smallest absolute Gasteiger partial charge is 0.273 e. The minimum atomic E-state index is -0.201. The molecule has 0 aliphatic carbocycles. The second-order valence-electron chi connectivity index (χ2n) is 7.98. The van der Waals surface area contributed by atoms with Crippen molar-refractivity contribution in [2.24, 2.45) is 7.05 Å². The Labute approximate surface area is 186 Å². The fourth-order valence-electron chi connectivity index (χ4n) is 3.75. The first-order chi connectivity index (χ1) is 15.5. The van der Waals surface area contributed by atoms with Crippen molar-refractivity contribution >= 4 is 17.2 Å². The number of amides is 1. The maximum Gasteiger partial charge on any atom is 0.273 e. The average Bonchev–Trinajstić information content (AvgIpc) is 3.39. The molecule has 0 aliphatic rings. The number of hydrogen-bond acceptors (Lipinski definition) is 3. The number of pyridine rings is 1. The van der Waals surface area contributed by atoms with E-state index >= 15 is 0 Å². The summed E-state index contributed by atoms with van der Waals surface area (Å²) in [5, 5.41) is 7.56. The number of benzene rings is 2. The molecule has 32 heavy (non-hydrogen) atoms. The predicted octanol–water partition coefficient (Wildman–Crippen LogP) is 5.27. The largest absolute Gasteiger partial charge is 0.320 e. The monoisotopic (exact) mass is 421 g/mol. The fourth-order valence-corrected chi connectivity index (χ4v) is 3.75. The molecule has 2 aromatic carbocycles. The highest BCUT2D eigenvalue weighted by Gasteiger charge is 2.16. The van der Waals surface area contributed by atoms with Crippen LogP contribution in [0.2, 0.25) is 0 Å². The van der Waals surface area contributed by atoms with Gasteiger partial charge in [-0.25, -0.2) is 4.98 Å². The van der Waals surface area contributed by atoms with E-state index in [1.165, 1.54) is 0 Å². The Morgan fingerprint density at radius 2 is 1.72 bits per heavy atom. The third kappa shape index (κ3) is 3.67. The Morgan fingerprint density at radius 3 is 2.53 bits per heavy atom. The number of fused-ring (bicyclic) bond motifs is 1. The fraction of sp³-hybridized carbons (Fsp3) is 0.115. The van der Waals surface area contributed by atoms with Crippen LogP contribution in [0.4, 0.5) is 5.69 Å². The van der Waals surface area contributed by atoms with Crippen molar-refractivity contribution in [3.05, 3.63) is 95.9 Å². The average molecular weight is 422 g/mol. The Morgan fingerprint density at radius 1 is 0.906 bits per heavy atom. The number of nitrogens with zero attached hydrogens (tertiary/aromatic N) is 4. The summed E-state index contributed by atoms with van der Waals surface area (Å²) < 4.78 is 3.61. The zero-order chi connectivity index (χ0) is 22.2. The van der Waals surface area contributed by atoms with Crippen molar-refractivity contribution in [3.8, 4) is 22.5 Å². The molecule has 6 heteroatoms. The van der Waals surface area contributed by atoms with Gasteiger partial charge in [-0.2, -0.15) is 5.10 Å². The number of nitrogens with one attached hydrogen (secondary N) is 1. The number of hydrogen-bond donors (Lipinski definition) is 1. The molecule has 0 fully saturated rings. The van der Waals surface area contributed by atoms with E-state index in [9.17, 15) is 4.79 Å². The van der Waals surface area contributed by atoms with Gasteiger partial charge in [-0.3, -0.25) is 9.48 Å². The molecule has 1 N–H and O–H groups in total. The molecular weight excluding hydrogens is 398 g/mol. The molecule has 6 nitrogen and oxygen atoms in total. The van der Waals surface area contributed by atoms with E-state index in [1.807, 2.05) is 84.4 Å². The van der Waals surface area contributed by atoms with Crippen molar-refractivity contribution in [1.29, 1.82) is 0 Å². The van der Waals surface area contributed by atoms with Gasteiger partial charge in [-0.05, 0) is 49.2 Å².